The molecule has 0 radical (unpaired) electrons. The minimum Gasteiger partial charge on any atom is -0.0651 e. The molecule has 0 heterocycles. The van der Waals surface area contributed by atoms with Gasteiger partial charge in [-0.2, -0.15) is 0 Å². The fourth-order valence-corrected chi connectivity index (χ4v) is 3.85. The second kappa shape index (κ2) is 5.97. The van der Waals surface area contributed by atoms with E-state index in [1.807, 2.05) is 0 Å². The lowest BCUT2D eigenvalue weighted by Gasteiger charge is -2.42. The SMILES string of the molecule is CC(C)C1CCC(C)(C)C1.CCC1CC(C)(C)C1. The van der Waals surface area contributed by atoms with Crippen molar-refractivity contribution >= 4 is 0 Å². The van der Waals surface area contributed by atoms with Crippen molar-refractivity contribution in [2.45, 2.75) is 87.0 Å². The molecule has 2 fully saturated rings. The molecule has 1 unspecified atom stereocenters. The van der Waals surface area contributed by atoms with Crippen LogP contribution in [0.25, 0.3) is 0 Å². The molecule has 0 amide bonds. The lowest BCUT2D eigenvalue weighted by atomic mass is 9.64. The van der Waals surface area contributed by atoms with Crippen LogP contribution in [0.15, 0.2) is 0 Å². The molecule has 1 atom stereocenters. The van der Waals surface area contributed by atoms with E-state index in [0.29, 0.717) is 10.8 Å². The summed E-state index contributed by atoms with van der Waals surface area (Å²) in [4.78, 5) is 0. The van der Waals surface area contributed by atoms with Gasteiger partial charge in [0.1, 0.15) is 0 Å². The Morgan fingerprint density at radius 3 is 1.67 bits per heavy atom. The Labute approximate surface area is 116 Å². The Hall–Kier alpha value is 0. The molecule has 0 saturated heterocycles. The Kier molecular flexibility index (Phi) is 5.32. The molecule has 0 aliphatic heterocycles. The van der Waals surface area contributed by atoms with Crippen LogP contribution in [0.5, 0.6) is 0 Å². The normalized spacial score (nSPS) is 29.7. The van der Waals surface area contributed by atoms with Gasteiger partial charge < -0.3 is 0 Å². The van der Waals surface area contributed by atoms with Gasteiger partial charge in [0.25, 0.3) is 0 Å². The Morgan fingerprint density at radius 2 is 1.50 bits per heavy atom. The average Bonchev–Trinajstić information content (AvgIpc) is 2.56. The maximum atomic E-state index is 2.40. The molecule has 2 rings (SSSR count). The summed E-state index contributed by atoms with van der Waals surface area (Å²) in [5.41, 5.74) is 1.34. The second-order valence-electron chi connectivity index (χ2n) is 8.76. The van der Waals surface area contributed by atoms with Crippen molar-refractivity contribution in [3.8, 4) is 0 Å². The monoisotopic (exact) mass is 252 g/mol. The maximum absolute atomic E-state index is 2.40. The Morgan fingerprint density at radius 1 is 0.944 bits per heavy atom. The first kappa shape index (κ1) is 16.1. The van der Waals surface area contributed by atoms with Crippen molar-refractivity contribution in [2.75, 3.05) is 0 Å². The molecular formula is C18H36. The Bertz CT molecular complexity index is 239. The van der Waals surface area contributed by atoms with Crippen LogP contribution in [0, 0.1) is 28.6 Å². The minimum absolute atomic E-state index is 0.648. The predicted octanol–water partition coefficient (Wildman–Crippen LogP) is 6.30. The van der Waals surface area contributed by atoms with Crippen LogP contribution in [0.2, 0.25) is 0 Å². The van der Waals surface area contributed by atoms with Crippen molar-refractivity contribution in [1.82, 2.24) is 0 Å². The van der Waals surface area contributed by atoms with Crippen LogP contribution in [-0.4, -0.2) is 0 Å². The molecule has 0 aromatic carbocycles. The highest BCUT2D eigenvalue weighted by molar-refractivity contribution is 4.85. The van der Waals surface area contributed by atoms with E-state index < -0.39 is 0 Å². The molecule has 18 heavy (non-hydrogen) atoms. The van der Waals surface area contributed by atoms with Crippen LogP contribution in [-0.2, 0) is 0 Å². The first-order valence-electron chi connectivity index (χ1n) is 8.15. The summed E-state index contributed by atoms with van der Waals surface area (Å²) in [6, 6.07) is 0. The van der Waals surface area contributed by atoms with Gasteiger partial charge in [0.2, 0.25) is 0 Å². The average molecular weight is 252 g/mol. The van der Waals surface area contributed by atoms with Crippen LogP contribution in [0.4, 0.5) is 0 Å². The van der Waals surface area contributed by atoms with Gasteiger partial charge >= 0.3 is 0 Å². The lowest BCUT2D eigenvalue weighted by Crippen LogP contribution is -2.30. The van der Waals surface area contributed by atoms with Gasteiger partial charge in [-0.3, -0.25) is 0 Å². The molecule has 0 heteroatoms. The molecule has 0 nitrogen and oxygen atoms in total. The molecule has 0 bridgehead atoms. The zero-order valence-corrected chi connectivity index (χ0v) is 14.0. The lowest BCUT2D eigenvalue weighted by molar-refractivity contribution is 0.0938. The van der Waals surface area contributed by atoms with Gasteiger partial charge in [0, 0.05) is 0 Å². The van der Waals surface area contributed by atoms with E-state index in [1.54, 1.807) is 0 Å². The maximum Gasteiger partial charge on any atom is -0.0349 e. The van der Waals surface area contributed by atoms with Crippen LogP contribution in [0.1, 0.15) is 87.0 Å². The molecule has 108 valence electrons. The fourth-order valence-electron chi connectivity index (χ4n) is 3.85. The van der Waals surface area contributed by atoms with Crippen LogP contribution in [0.3, 0.4) is 0 Å². The van der Waals surface area contributed by atoms with Crippen molar-refractivity contribution in [3.63, 3.8) is 0 Å². The van der Waals surface area contributed by atoms with E-state index >= 15 is 0 Å². The van der Waals surface area contributed by atoms with Gasteiger partial charge in [-0.05, 0) is 60.7 Å². The van der Waals surface area contributed by atoms with E-state index in [2.05, 4.69) is 48.5 Å². The first-order valence-corrected chi connectivity index (χ1v) is 8.15. The fraction of sp³-hybridized carbons (Fsp3) is 1.00. The molecule has 2 aliphatic rings. The van der Waals surface area contributed by atoms with E-state index in [0.717, 1.165) is 17.8 Å². The summed E-state index contributed by atoms with van der Waals surface area (Å²) in [7, 11) is 0. The summed E-state index contributed by atoms with van der Waals surface area (Å²) in [6.45, 7) is 16.5. The summed E-state index contributed by atoms with van der Waals surface area (Å²) >= 11 is 0. The Balaban J connectivity index is 0.000000184. The topological polar surface area (TPSA) is 0 Å². The van der Waals surface area contributed by atoms with E-state index in [1.165, 1.54) is 38.5 Å². The highest BCUT2D eigenvalue weighted by atomic mass is 14.4. The molecule has 2 saturated carbocycles. The summed E-state index contributed by atoms with van der Waals surface area (Å²) in [5, 5.41) is 0. The number of hydrogen-bond acceptors (Lipinski definition) is 0. The number of rotatable bonds is 2. The predicted molar refractivity (Wildman–Crippen MR) is 82.8 cm³/mol. The number of hydrogen-bond donors (Lipinski definition) is 0. The standard InChI is InChI=1S/C10H20.C8H16/c1-8(2)9-5-6-10(3,4)7-9;1-4-7-5-8(2,3)6-7/h8-9H,5-7H2,1-4H3;7H,4-6H2,1-3H3. The van der Waals surface area contributed by atoms with Gasteiger partial charge in [-0.15, -0.1) is 0 Å². The summed E-state index contributed by atoms with van der Waals surface area (Å²) < 4.78 is 0. The van der Waals surface area contributed by atoms with Gasteiger partial charge in [-0.1, -0.05) is 54.9 Å². The van der Waals surface area contributed by atoms with E-state index in [-0.39, 0.29) is 0 Å². The third kappa shape index (κ3) is 4.94. The zero-order chi connectivity index (χ0) is 14.0. The smallest absolute Gasteiger partial charge is 0.0349 e. The van der Waals surface area contributed by atoms with Gasteiger partial charge in [0.15, 0.2) is 0 Å². The minimum atomic E-state index is 0.648. The van der Waals surface area contributed by atoms with Crippen molar-refractivity contribution in [1.29, 1.82) is 0 Å². The quantitative estimate of drug-likeness (QED) is 0.541. The molecule has 2 aliphatic carbocycles. The van der Waals surface area contributed by atoms with Crippen molar-refractivity contribution in [3.05, 3.63) is 0 Å². The largest absolute Gasteiger partial charge is 0.0651 e. The highest BCUT2D eigenvalue weighted by Gasteiger charge is 2.34. The van der Waals surface area contributed by atoms with Crippen molar-refractivity contribution in [2.24, 2.45) is 28.6 Å². The first-order chi connectivity index (χ1) is 8.15. The summed E-state index contributed by atoms with van der Waals surface area (Å²) in [5.74, 6) is 2.97. The summed E-state index contributed by atoms with van der Waals surface area (Å²) in [6.07, 6.45) is 8.67. The molecular weight excluding hydrogens is 216 g/mol. The molecule has 0 spiro atoms. The highest BCUT2D eigenvalue weighted by Crippen LogP contribution is 2.46. The molecule has 0 N–H and O–H groups in total. The molecule has 0 aromatic heterocycles. The van der Waals surface area contributed by atoms with Crippen molar-refractivity contribution < 1.29 is 0 Å². The molecule has 0 aromatic rings. The van der Waals surface area contributed by atoms with E-state index in [4.69, 9.17) is 0 Å². The van der Waals surface area contributed by atoms with Crippen LogP contribution >= 0.6 is 0 Å². The van der Waals surface area contributed by atoms with Crippen LogP contribution < -0.4 is 0 Å². The van der Waals surface area contributed by atoms with Gasteiger partial charge in [0.05, 0.1) is 0 Å². The second-order valence-corrected chi connectivity index (χ2v) is 8.76. The third-order valence-electron chi connectivity index (χ3n) is 5.21. The zero-order valence-electron chi connectivity index (χ0n) is 14.0. The van der Waals surface area contributed by atoms with E-state index in [9.17, 15) is 0 Å². The third-order valence-corrected chi connectivity index (χ3v) is 5.21. The van der Waals surface area contributed by atoms with Gasteiger partial charge in [-0.25, -0.2) is 0 Å².